The molecule has 0 aliphatic carbocycles. The first-order valence-electron chi connectivity index (χ1n) is 6.76. The van der Waals surface area contributed by atoms with Crippen molar-refractivity contribution in [2.75, 3.05) is 13.1 Å². The zero-order valence-corrected chi connectivity index (χ0v) is 14.6. The molecule has 1 heterocycles. The summed E-state index contributed by atoms with van der Waals surface area (Å²) >= 11 is 7.75. The van der Waals surface area contributed by atoms with Crippen LogP contribution in [-0.2, 0) is 0 Å². The maximum Gasteiger partial charge on any atom is 0.255 e. The van der Waals surface area contributed by atoms with Crippen LogP contribution in [0.3, 0.4) is 0 Å². The zero-order chi connectivity index (χ0) is 14.9. The SMILES string of the molecule is CC(C)(C)C1=CCN(C(=O)c2cc(S)ccc2Br)CC1. The van der Waals surface area contributed by atoms with Crippen molar-refractivity contribution in [3.05, 3.63) is 39.9 Å². The molecule has 1 aromatic carbocycles. The molecule has 108 valence electrons. The van der Waals surface area contributed by atoms with Gasteiger partial charge >= 0.3 is 0 Å². The summed E-state index contributed by atoms with van der Waals surface area (Å²) in [6.07, 6.45) is 3.15. The second-order valence-corrected chi connectivity index (χ2v) is 7.52. The molecule has 0 atom stereocenters. The lowest BCUT2D eigenvalue weighted by Crippen LogP contribution is -2.36. The van der Waals surface area contributed by atoms with Gasteiger partial charge in [0.2, 0.25) is 0 Å². The molecule has 0 radical (unpaired) electrons. The Morgan fingerprint density at radius 2 is 2.05 bits per heavy atom. The second kappa shape index (κ2) is 5.94. The van der Waals surface area contributed by atoms with E-state index in [0.29, 0.717) is 12.1 Å². The molecule has 1 aromatic rings. The summed E-state index contributed by atoms with van der Waals surface area (Å²) < 4.78 is 0.825. The summed E-state index contributed by atoms with van der Waals surface area (Å²) in [5.74, 6) is 0.0667. The lowest BCUT2D eigenvalue weighted by Gasteiger charge is -2.32. The van der Waals surface area contributed by atoms with Crippen molar-refractivity contribution >= 4 is 34.5 Å². The van der Waals surface area contributed by atoms with Crippen LogP contribution in [0.4, 0.5) is 0 Å². The minimum atomic E-state index is 0.0667. The van der Waals surface area contributed by atoms with E-state index in [-0.39, 0.29) is 11.3 Å². The highest BCUT2D eigenvalue weighted by atomic mass is 79.9. The van der Waals surface area contributed by atoms with E-state index in [4.69, 9.17) is 0 Å². The number of nitrogens with zero attached hydrogens (tertiary/aromatic N) is 1. The number of benzene rings is 1. The zero-order valence-electron chi connectivity index (χ0n) is 12.1. The molecule has 0 aromatic heterocycles. The first kappa shape index (κ1) is 15.6. The normalized spacial score (nSPS) is 16.1. The van der Waals surface area contributed by atoms with Crippen LogP contribution >= 0.6 is 28.6 Å². The Balaban J connectivity index is 2.17. The van der Waals surface area contributed by atoms with E-state index in [1.807, 2.05) is 23.1 Å². The smallest absolute Gasteiger partial charge is 0.255 e. The summed E-state index contributed by atoms with van der Waals surface area (Å²) in [5, 5.41) is 0. The predicted octanol–water partition coefficient (Wildman–Crippen LogP) is 4.56. The van der Waals surface area contributed by atoms with Gasteiger partial charge in [-0.15, -0.1) is 12.6 Å². The summed E-state index contributed by atoms with van der Waals surface area (Å²) in [4.78, 5) is 15.3. The molecule has 0 spiro atoms. The van der Waals surface area contributed by atoms with Crippen molar-refractivity contribution in [3.8, 4) is 0 Å². The Labute approximate surface area is 134 Å². The Morgan fingerprint density at radius 3 is 2.60 bits per heavy atom. The highest BCUT2D eigenvalue weighted by molar-refractivity contribution is 9.10. The standard InChI is InChI=1S/C16H20BrNOS/c1-16(2,3)11-6-8-18(9-7-11)15(19)13-10-12(20)4-5-14(13)17/h4-6,10,20H,7-9H2,1-3H3. The van der Waals surface area contributed by atoms with Crippen molar-refractivity contribution in [1.82, 2.24) is 4.90 Å². The average Bonchev–Trinajstić information content (AvgIpc) is 2.40. The first-order valence-corrected chi connectivity index (χ1v) is 8.00. The molecule has 0 unspecified atom stereocenters. The molecule has 1 aliphatic heterocycles. The summed E-state index contributed by atoms with van der Waals surface area (Å²) in [6.45, 7) is 8.13. The fourth-order valence-electron chi connectivity index (χ4n) is 2.38. The van der Waals surface area contributed by atoms with Gasteiger partial charge in [0, 0.05) is 22.5 Å². The van der Waals surface area contributed by atoms with Crippen molar-refractivity contribution in [1.29, 1.82) is 0 Å². The van der Waals surface area contributed by atoms with E-state index in [9.17, 15) is 4.79 Å². The lowest BCUT2D eigenvalue weighted by molar-refractivity contribution is 0.0764. The Morgan fingerprint density at radius 1 is 1.35 bits per heavy atom. The number of rotatable bonds is 1. The number of thiol groups is 1. The molecule has 4 heteroatoms. The number of carbonyl (C=O) groups excluding carboxylic acids is 1. The maximum absolute atomic E-state index is 12.6. The molecular formula is C16H20BrNOS. The maximum atomic E-state index is 12.6. The lowest BCUT2D eigenvalue weighted by atomic mass is 9.83. The van der Waals surface area contributed by atoms with Crippen LogP contribution in [0.5, 0.6) is 0 Å². The van der Waals surface area contributed by atoms with Gasteiger partial charge < -0.3 is 4.90 Å². The first-order chi connectivity index (χ1) is 9.29. The number of carbonyl (C=O) groups is 1. The molecule has 0 fully saturated rings. The molecule has 2 nitrogen and oxygen atoms in total. The van der Waals surface area contributed by atoms with Crippen molar-refractivity contribution in [2.24, 2.45) is 5.41 Å². The van der Waals surface area contributed by atoms with Crippen molar-refractivity contribution in [2.45, 2.75) is 32.1 Å². The Hall–Kier alpha value is -0.740. The van der Waals surface area contributed by atoms with Crippen LogP contribution in [0, 0.1) is 5.41 Å². The third-order valence-corrected chi connectivity index (χ3v) is 4.61. The van der Waals surface area contributed by atoms with Gasteiger partial charge in [0.05, 0.1) is 5.56 Å². The van der Waals surface area contributed by atoms with Crippen LogP contribution in [0.2, 0.25) is 0 Å². The molecule has 0 bridgehead atoms. The van der Waals surface area contributed by atoms with Crippen molar-refractivity contribution < 1.29 is 4.79 Å². The number of amides is 1. The molecule has 20 heavy (non-hydrogen) atoms. The molecule has 1 aliphatic rings. The average molecular weight is 354 g/mol. The minimum absolute atomic E-state index is 0.0667. The van der Waals surface area contributed by atoms with E-state index in [1.54, 1.807) is 0 Å². The fourth-order valence-corrected chi connectivity index (χ4v) is 3.00. The third kappa shape index (κ3) is 3.47. The predicted molar refractivity (Wildman–Crippen MR) is 89.5 cm³/mol. The molecule has 0 saturated carbocycles. The topological polar surface area (TPSA) is 20.3 Å². The largest absolute Gasteiger partial charge is 0.335 e. The highest BCUT2D eigenvalue weighted by Gasteiger charge is 2.25. The van der Waals surface area contributed by atoms with Crippen LogP contribution in [0.15, 0.2) is 39.2 Å². The second-order valence-electron chi connectivity index (χ2n) is 6.14. The molecular weight excluding hydrogens is 334 g/mol. The Kier molecular flexibility index (Phi) is 4.65. The van der Waals surface area contributed by atoms with Crippen LogP contribution in [0.25, 0.3) is 0 Å². The van der Waals surface area contributed by atoms with E-state index < -0.39 is 0 Å². The van der Waals surface area contributed by atoms with Crippen molar-refractivity contribution in [3.63, 3.8) is 0 Å². The fraction of sp³-hybridized carbons (Fsp3) is 0.438. The molecule has 0 saturated heterocycles. The van der Waals surface area contributed by atoms with Gasteiger partial charge in [-0.1, -0.05) is 32.4 Å². The van der Waals surface area contributed by atoms with Crippen LogP contribution in [-0.4, -0.2) is 23.9 Å². The van der Waals surface area contributed by atoms with Gasteiger partial charge in [-0.25, -0.2) is 0 Å². The quantitative estimate of drug-likeness (QED) is 0.579. The number of hydrogen-bond acceptors (Lipinski definition) is 2. The van der Waals surface area contributed by atoms with E-state index in [2.05, 4.69) is 55.4 Å². The molecule has 1 amide bonds. The van der Waals surface area contributed by atoms with Crippen LogP contribution in [0.1, 0.15) is 37.6 Å². The van der Waals surface area contributed by atoms with Gasteiger partial charge in [-0.05, 0) is 46.0 Å². The number of hydrogen-bond donors (Lipinski definition) is 1. The monoisotopic (exact) mass is 353 g/mol. The summed E-state index contributed by atoms with van der Waals surface area (Å²) in [5.41, 5.74) is 2.31. The van der Waals surface area contributed by atoms with Gasteiger partial charge in [0.25, 0.3) is 5.91 Å². The summed E-state index contributed by atoms with van der Waals surface area (Å²) in [7, 11) is 0. The molecule has 2 rings (SSSR count). The highest BCUT2D eigenvalue weighted by Crippen LogP contribution is 2.31. The van der Waals surface area contributed by atoms with Gasteiger partial charge in [-0.2, -0.15) is 0 Å². The number of halogens is 1. The molecule has 0 N–H and O–H groups in total. The van der Waals surface area contributed by atoms with Gasteiger partial charge in [0.15, 0.2) is 0 Å². The van der Waals surface area contributed by atoms with E-state index >= 15 is 0 Å². The third-order valence-electron chi connectivity index (χ3n) is 3.64. The van der Waals surface area contributed by atoms with E-state index in [1.165, 1.54) is 5.57 Å². The minimum Gasteiger partial charge on any atom is -0.335 e. The Bertz CT molecular complexity index is 560. The summed E-state index contributed by atoms with van der Waals surface area (Å²) in [6, 6.07) is 5.56. The van der Waals surface area contributed by atoms with Crippen LogP contribution < -0.4 is 0 Å². The van der Waals surface area contributed by atoms with Gasteiger partial charge in [0.1, 0.15) is 0 Å². The van der Waals surface area contributed by atoms with Gasteiger partial charge in [-0.3, -0.25) is 4.79 Å². The van der Waals surface area contributed by atoms with E-state index in [0.717, 1.165) is 22.3 Å².